The van der Waals surface area contributed by atoms with Crippen LogP contribution in [0.2, 0.25) is 0 Å². The first-order chi connectivity index (χ1) is 31.8. The van der Waals surface area contributed by atoms with Crippen LogP contribution in [0.5, 0.6) is 0 Å². The maximum absolute atomic E-state index is 6.94. The van der Waals surface area contributed by atoms with Crippen LogP contribution >= 0.6 is 22.7 Å². The summed E-state index contributed by atoms with van der Waals surface area (Å²) >= 11 is 3.53. The van der Waals surface area contributed by atoms with E-state index in [1.165, 1.54) is 76.1 Å². The maximum Gasteiger partial charge on any atom is 0.143 e. The first-order valence-corrected chi connectivity index (χ1v) is 23.5. The lowest BCUT2D eigenvalue weighted by Gasteiger charge is -2.33. The van der Waals surface area contributed by atoms with Crippen molar-refractivity contribution in [1.82, 2.24) is 0 Å². The molecule has 2 aliphatic rings. The fourth-order valence-corrected chi connectivity index (χ4v) is 12.6. The smallest absolute Gasteiger partial charge is 0.143 e. The van der Waals surface area contributed by atoms with E-state index in [4.69, 9.17) is 4.42 Å². The molecule has 64 heavy (non-hydrogen) atoms. The van der Waals surface area contributed by atoms with E-state index in [1.54, 1.807) is 22.7 Å². The van der Waals surface area contributed by atoms with E-state index < -0.39 is 5.41 Å². The Balaban J connectivity index is 1.08. The van der Waals surface area contributed by atoms with Gasteiger partial charge in [0, 0.05) is 38.5 Å². The molecule has 14 rings (SSSR count). The molecule has 300 valence electrons. The zero-order valence-corrected chi connectivity index (χ0v) is 36.0. The molecule has 0 unspecified atom stereocenters. The summed E-state index contributed by atoms with van der Waals surface area (Å²) in [6.45, 7) is 0. The minimum atomic E-state index is -0.657. The largest absolute Gasteiger partial charge is 0.455 e. The van der Waals surface area contributed by atoms with Crippen molar-refractivity contribution in [2.75, 3.05) is 9.80 Å². The first kappa shape index (κ1) is 35.9. The number of hydrogen-bond acceptors (Lipinski definition) is 5. The van der Waals surface area contributed by atoms with Crippen LogP contribution in [0.25, 0.3) is 65.7 Å². The molecule has 0 N–H and O–H groups in total. The van der Waals surface area contributed by atoms with Gasteiger partial charge in [-0.2, -0.15) is 0 Å². The van der Waals surface area contributed by atoms with Crippen LogP contribution in [0, 0.1) is 0 Å². The van der Waals surface area contributed by atoms with E-state index in [9.17, 15) is 0 Å². The van der Waals surface area contributed by atoms with Gasteiger partial charge in [0.2, 0.25) is 0 Å². The Morgan fingerprint density at radius 1 is 0.375 bits per heavy atom. The summed E-state index contributed by atoms with van der Waals surface area (Å²) < 4.78 is 6.94. The third-order valence-corrected chi connectivity index (χ3v) is 15.3. The summed E-state index contributed by atoms with van der Waals surface area (Å²) in [5.74, 6) is 0. The predicted octanol–water partition coefficient (Wildman–Crippen LogP) is 17.3. The van der Waals surface area contributed by atoms with Crippen LogP contribution in [0.4, 0.5) is 32.8 Å². The SMILES string of the molecule is c1csc(N(c2ccc3c(c2)C2(c4cc(N(c5cccs5)c5cccc6ccccc56)ccc4-3)c3ccccc3-c3c2ccc2c3oc3ccccc32)c2cccc3ccccc23)c1. The Labute approximate surface area is 378 Å². The molecule has 0 aliphatic heterocycles. The van der Waals surface area contributed by atoms with E-state index in [1.807, 2.05) is 0 Å². The van der Waals surface area contributed by atoms with Crippen LogP contribution in [0.15, 0.2) is 221 Å². The third-order valence-electron chi connectivity index (χ3n) is 13.6. The lowest BCUT2D eigenvalue weighted by atomic mass is 9.70. The average molecular weight is 853 g/mol. The fraction of sp³-hybridized carbons (Fsp3) is 0.0169. The summed E-state index contributed by atoms with van der Waals surface area (Å²) in [6.07, 6.45) is 0. The van der Waals surface area contributed by atoms with Gasteiger partial charge in [-0.15, -0.1) is 22.7 Å². The quantitative estimate of drug-likeness (QED) is 0.166. The molecule has 3 aromatic heterocycles. The molecule has 0 saturated heterocycles. The molecule has 1 spiro atoms. The molecule has 9 aromatic carbocycles. The van der Waals surface area contributed by atoms with Gasteiger partial charge in [0.05, 0.1) is 26.8 Å². The number of nitrogens with zero attached hydrogens (tertiary/aromatic N) is 2. The van der Waals surface area contributed by atoms with Crippen molar-refractivity contribution in [2.24, 2.45) is 0 Å². The molecule has 0 fully saturated rings. The summed E-state index contributed by atoms with van der Waals surface area (Å²) in [4.78, 5) is 4.91. The lowest BCUT2D eigenvalue weighted by Crippen LogP contribution is -2.26. The van der Waals surface area contributed by atoms with Gasteiger partial charge in [-0.25, -0.2) is 0 Å². The second-order valence-corrected chi connectivity index (χ2v) is 18.6. The fourth-order valence-electron chi connectivity index (χ4n) is 11.1. The molecule has 0 saturated carbocycles. The Kier molecular flexibility index (Phi) is 7.65. The molecular weight excluding hydrogens is 817 g/mol. The lowest BCUT2D eigenvalue weighted by molar-refractivity contribution is 0.669. The van der Waals surface area contributed by atoms with Crippen LogP contribution in [0.1, 0.15) is 22.3 Å². The summed E-state index contributed by atoms with van der Waals surface area (Å²) in [5.41, 5.74) is 15.7. The topological polar surface area (TPSA) is 19.6 Å². The summed E-state index contributed by atoms with van der Waals surface area (Å²) in [5, 5.41) is 13.8. The predicted molar refractivity (Wildman–Crippen MR) is 270 cm³/mol. The molecule has 0 radical (unpaired) electrons. The second-order valence-electron chi connectivity index (χ2n) is 16.8. The number of anilines is 6. The molecule has 12 aromatic rings. The van der Waals surface area contributed by atoms with Gasteiger partial charge in [-0.05, 0) is 127 Å². The third kappa shape index (κ3) is 4.91. The molecule has 5 heteroatoms. The van der Waals surface area contributed by atoms with E-state index in [0.29, 0.717) is 0 Å². The van der Waals surface area contributed by atoms with Gasteiger partial charge in [0.25, 0.3) is 0 Å². The van der Waals surface area contributed by atoms with Crippen molar-refractivity contribution in [3.05, 3.63) is 239 Å². The van der Waals surface area contributed by atoms with Crippen molar-refractivity contribution in [2.45, 2.75) is 5.41 Å². The molecule has 3 nitrogen and oxygen atoms in total. The number of hydrogen-bond donors (Lipinski definition) is 0. The molecular formula is C59H36N2OS2. The van der Waals surface area contributed by atoms with Crippen molar-refractivity contribution >= 4 is 98.9 Å². The number of benzene rings is 9. The normalized spacial score (nSPS) is 13.1. The minimum absolute atomic E-state index is 0.657. The molecule has 0 amide bonds. The molecule has 2 aliphatic carbocycles. The van der Waals surface area contributed by atoms with Crippen molar-refractivity contribution in [1.29, 1.82) is 0 Å². The maximum atomic E-state index is 6.94. The highest BCUT2D eigenvalue weighted by molar-refractivity contribution is 7.14. The van der Waals surface area contributed by atoms with Gasteiger partial charge in [0.15, 0.2) is 0 Å². The Morgan fingerprint density at radius 2 is 0.922 bits per heavy atom. The number of fused-ring (bicyclic) bond motifs is 16. The zero-order chi connectivity index (χ0) is 41.9. The molecule has 3 heterocycles. The van der Waals surface area contributed by atoms with Gasteiger partial charge >= 0.3 is 0 Å². The highest BCUT2D eigenvalue weighted by Gasteiger charge is 2.53. The average Bonchev–Trinajstić information content (AvgIpc) is 4.21. The van der Waals surface area contributed by atoms with Crippen LogP contribution in [-0.2, 0) is 5.41 Å². The van der Waals surface area contributed by atoms with Gasteiger partial charge in [-0.1, -0.05) is 140 Å². The van der Waals surface area contributed by atoms with Gasteiger partial charge < -0.3 is 14.2 Å². The Bertz CT molecular complexity index is 3650. The standard InChI is InChI=1S/C59H36N2OS2/c1-3-17-41-37(13-1)15-9-22-52(41)60(55-25-11-33-63-55)39-27-29-43-44-30-28-40(61(56-26-12-34-64-56)53-23-10-16-38-14-2-4-18-42(38)53)36-51(44)59(50(43)35-39)48-21-7-5-20-47(48)57-49(59)32-31-46-45-19-6-8-24-54(45)62-58(46)57/h1-36H. The summed E-state index contributed by atoms with van der Waals surface area (Å²) in [6, 6.07) is 76.2. The van der Waals surface area contributed by atoms with Crippen molar-refractivity contribution < 1.29 is 4.42 Å². The van der Waals surface area contributed by atoms with Crippen molar-refractivity contribution in [3.8, 4) is 22.3 Å². The zero-order valence-electron chi connectivity index (χ0n) is 34.4. The number of thiophene rings is 2. The van der Waals surface area contributed by atoms with E-state index >= 15 is 0 Å². The van der Waals surface area contributed by atoms with Crippen LogP contribution < -0.4 is 9.80 Å². The van der Waals surface area contributed by atoms with E-state index in [0.717, 1.165) is 44.7 Å². The van der Waals surface area contributed by atoms with Gasteiger partial charge in [0.1, 0.15) is 11.2 Å². The number of furan rings is 1. The van der Waals surface area contributed by atoms with E-state index in [2.05, 4.69) is 227 Å². The Morgan fingerprint density at radius 3 is 1.53 bits per heavy atom. The van der Waals surface area contributed by atoms with Crippen LogP contribution in [0.3, 0.4) is 0 Å². The highest BCUT2D eigenvalue weighted by Crippen LogP contribution is 2.65. The monoisotopic (exact) mass is 852 g/mol. The van der Waals surface area contributed by atoms with E-state index in [-0.39, 0.29) is 0 Å². The van der Waals surface area contributed by atoms with Crippen LogP contribution in [-0.4, -0.2) is 0 Å². The highest BCUT2D eigenvalue weighted by atomic mass is 32.1. The van der Waals surface area contributed by atoms with Gasteiger partial charge in [-0.3, -0.25) is 0 Å². The second kappa shape index (κ2) is 13.6. The molecule has 0 atom stereocenters. The Hall–Kier alpha value is -7.70. The number of rotatable bonds is 6. The molecule has 0 bridgehead atoms. The minimum Gasteiger partial charge on any atom is -0.455 e. The number of para-hydroxylation sites is 1. The summed E-state index contributed by atoms with van der Waals surface area (Å²) in [7, 11) is 0. The first-order valence-electron chi connectivity index (χ1n) is 21.7. The van der Waals surface area contributed by atoms with Crippen molar-refractivity contribution in [3.63, 3.8) is 0 Å².